The number of para-hydroxylation sites is 1. The van der Waals surface area contributed by atoms with Crippen LogP contribution in [0, 0.1) is 0 Å². The lowest BCUT2D eigenvalue weighted by molar-refractivity contribution is -0.141. The van der Waals surface area contributed by atoms with Gasteiger partial charge in [-0.25, -0.2) is 4.79 Å². The number of anilines is 1. The van der Waals surface area contributed by atoms with Crippen LogP contribution in [0.5, 0.6) is 5.75 Å². The van der Waals surface area contributed by atoms with Gasteiger partial charge in [0.1, 0.15) is 11.8 Å². The molecule has 1 atom stereocenters. The Balaban J connectivity index is 1.18. The Kier molecular flexibility index (Phi) is 11.3. The Morgan fingerprint density at radius 2 is 1.48 bits per heavy atom. The number of thiophene rings is 1. The van der Waals surface area contributed by atoms with Crippen LogP contribution in [0.4, 0.5) is 5.69 Å². The van der Waals surface area contributed by atoms with E-state index in [1.54, 1.807) is 30.3 Å². The van der Waals surface area contributed by atoms with Gasteiger partial charge in [-0.15, -0.1) is 11.3 Å². The Morgan fingerprint density at radius 3 is 2.17 bits per heavy atom. The van der Waals surface area contributed by atoms with Crippen molar-refractivity contribution in [1.29, 1.82) is 0 Å². The zero-order valence-corrected chi connectivity index (χ0v) is 26.5. The van der Waals surface area contributed by atoms with Gasteiger partial charge in [-0.3, -0.25) is 9.59 Å². The van der Waals surface area contributed by atoms with Crippen molar-refractivity contribution >= 4 is 34.7 Å². The summed E-state index contributed by atoms with van der Waals surface area (Å²) in [7, 11) is 1.35. The third-order valence-electron chi connectivity index (χ3n) is 7.46. The Morgan fingerprint density at radius 1 is 0.783 bits per heavy atom. The van der Waals surface area contributed by atoms with Crippen molar-refractivity contribution < 1.29 is 23.9 Å². The first-order chi connectivity index (χ1) is 22.5. The van der Waals surface area contributed by atoms with Gasteiger partial charge in [-0.1, -0.05) is 91.0 Å². The average Bonchev–Trinajstić information content (AvgIpc) is 3.65. The molecule has 0 radical (unpaired) electrons. The number of carbonyl (C=O) groups excluding carboxylic acids is 3. The molecular weight excluding hydrogens is 596 g/mol. The van der Waals surface area contributed by atoms with Gasteiger partial charge in [0.2, 0.25) is 0 Å². The van der Waals surface area contributed by atoms with Crippen molar-refractivity contribution in [1.82, 2.24) is 4.90 Å². The maximum absolute atomic E-state index is 13.2. The number of hydrogen-bond donors (Lipinski definition) is 1. The summed E-state index contributed by atoms with van der Waals surface area (Å²) in [5.74, 6) is 0.153. The predicted octanol–water partition coefficient (Wildman–Crippen LogP) is 7.29. The monoisotopic (exact) mass is 632 g/mol. The number of nitrogens with one attached hydrogen (secondary N) is 1. The largest absolute Gasteiger partial charge is 0.494 e. The number of nitrogens with zero attached hydrogens (tertiary/aromatic N) is 1. The molecule has 1 aromatic heterocycles. The molecule has 5 aromatic rings. The summed E-state index contributed by atoms with van der Waals surface area (Å²) >= 11 is 1.44. The van der Waals surface area contributed by atoms with Crippen molar-refractivity contribution in [2.45, 2.75) is 25.4 Å². The molecule has 0 aliphatic heterocycles. The van der Waals surface area contributed by atoms with E-state index in [2.05, 4.69) is 5.32 Å². The van der Waals surface area contributed by atoms with Gasteiger partial charge in [0.15, 0.2) is 5.78 Å². The molecule has 0 aliphatic carbocycles. The van der Waals surface area contributed by atoms with Crippen molar-refractivity contribution in [2.24, 2.45) is 0 Å². The van der Waals surface area contributed by atoms with Crippen molar-refractivity contribution in [3.63, 3.8) is 0 Å². The second-order valence-electron chi connectivity index (χ2n) is 10.7. The molecule has 0 aliphatic rings. The molecular formula is C38H36N2O5S. The zero-order chi connectivity index (χ0) is 32.1. The molecule has 0 bridgehead atoms. The lowest BCUT2D eigenvalue weighted by atomic mass is 10.00. The summed E-state index contributed by atoms with van der Waals surface area (Å²) in [5, 5.41) is 5.16. The van der Waals surface area contributed by atoms with Gasteiger partial charge in [0.05, 0.1) is 18.6 Å². The van der Waals surface area contributed by atoms with Crippen LogP contribution in [0.25, 0.3) is 0 Å². The highest BCUT2D eigenvalue weighted by molar-refractivity contribution is 7.12. The molecule has 1 heterocycles. The van der Waals surface area contributed by atoms with Crippen LogP contribution in [-0.2, 0) is 22.5 Å². The third-order valence-corrected chi connectivity index (χ3v) is 8.32. The number of rotatable bonds is 15. The minimum absolute atomic E-state index is 0.0176. The normalized spacial score (nSPS) is 11.3. The van der Waals surface area contributed by atoms with Gasteiger partial charge >= 0.3 is 5.97 Å². The zero-order valence-electron chi connectivity index (χ0n) is 25.6. The standard InChI is InChI=1S/C38H36N2O5S/c1-44-38(43)34(39-33-17-9-8-16-32(33)36(41)30-14-6-3-7-15-30)26-28-19-21-31(22-20-28)45-24-11-23-40(27-29-12-4-2-5-13-29)37(42)35-18-10-25-46-35/h2-10,12-22,25,34,39H,11,23-24,26-27H2,1H3/t34-/m0/s1. The number of methoxy groups -OCH3 is 1. The molecule has 8 heteroatoms. The van der Waals surface area contributed by atoms with E-state index in [4.69, 9.17) is 9.47 Å². The van der Waals surface area contributed by atoms with Gasteiger partial charge < -0.3 is 19.7 Å². The summed E-state index contributed by atoms with van der Waals surface area (Å²) < 4.78 is 11.1. The van der Waals surface area contributed by atoms with Gasteiger partial charge in [-0.2, -0.15) is 0 Å². The second-order valence-corrected chi connectivity index (χ2v) is 11.6. The van der Waals surface area contributed by atoms with E-state index in [9.17, 15) is 14.4 Å². The first-order valence-corrected chi connectivity index (χ1v) is 16.0. The number of benzene rings is 4. The molecule has 0 saturated heterocycles. The number of esters is 1. The molecule has 7 nitrogen and oxygen atoms in total. The van der Waals surface area contributed by atoms with E-state index < -0.39 is 12.0 Å². The summed E-state index contributed by atoms with van der Waals surface area (Å²) in [6.07, 6.45) is 1.02. The van der Waals surface area contributed by atoms with Crippen LogP contribution >= 0.6 is 11.3 Å². The summed E-state index contributed by atoms with van der Waals surface area (Å²) in [5.41, 5.74) is 3.59. The van der Waals surface area contributed by atoms with Crippen LogP contribution in [0.2, 0.25) is 0 Å². The van der Waals surface area contributed by atoms with E-state index in [0.29, 0.717) is 55.1 Å². The van der Waals surface area contributed by atoms with Gasteiger partial charge in [0, 0.05) is 36.3 Å². The first-order valence-electron chi connectivity index (χ1n) is 15.1. The lowest BCUT2D eigenvalue weighted by Gasteiger charge is -2.22. The topological polar surface area (TPSA) is 84.9 Å². The number of ketones is 1. The highest BCUT2D eigenvalue weighted by atomic mass is 32.1. The second kappa shape index (κ2) is 16.2. The fraction of sp³-hybridized carbons (Fsp3) is 0.184. The molecule has 0 fully saturated rings. The fourth-order valence-corrected chi connectivity index (χ4v) is 5.78. The van der Waals surface area contributed by atoms with E-state index >= 15 is 0 Å². The van der Waals surface area contributed by atoms with Crippen molar-refractivity contribution in [3.05, 3.63) is 154 Å². The highest BCUT2D eigenvalue weighted by Gasteiger charge is 2.23. The number of hydrogen-bond acceptors (Lipinski definition) is 7. The maximum Gasteiger partial charge on any atom is 0.328 e. The van der Waals surface area contributed by atoms with Crippen LogP contribution in [0.15, 0.2) is 127 Å². The lowest BCUT2D eigenvalue weighted by Crippen LogP contribution is -2.33. The Labute approximate surface area is 273 Å². The average molecular weight is 633 g/mol. The smallest absolute Gasteiger partial charge is 0.328 e. The third kappa shape index (κ3) is 8.70. The summed E-state index contributed by atoms with van der Waals surface area (Å²) in [4.78, 5) is 41.7. The summed E-state index contributed by atoms with van der Waals surface area (Å²) in [6.45, 7) is 1.54. The quantitative estimate of drug-likeness (QED) is 0.0742. The molecule has 234 valence electrons. The summed E-state index contributed by atoms with van der Waals surface area (Å²) in [6, 6.07) is 36.8. The van der Waals surface area contributed by atoms with Gasteiger partial charge in [0.25, 0.3) is 5.91 Å². The first kappa shape index (κ1) is 32.2. The maximum atomic E-state index is 13.2. The molecule has 0 spiro atoms. The van der Waals surface area contributed by atoms with Gasteiger partial charge in [-0.05, 0) is 53.3 Å². The van der Waals surface area contributed by atoms with E-state index in [0.717, 1.165) is 16.0 Å². The minimum Gasteiger partial charge on any atom is -0.494 e. The predicted molar refractivity (Wildman–Crippen MR) is 182 cm³/mol. The van der Waals surface area contributed by atoms with Crippen molar-refractivity contribution in [2.75, 3.05) is 25.6 Å². The van der Waals surface area contributed by atoms with Crippen LogP contribution in [0.1, 0.15) is 43.1 Å². The molecule has 1 N–H and O–H groups in total. The highest BCUT2D eigenvalue weighted by Crippen LogP contribution is 2.22. The van der Waals surface area contributed by atoms with E-state index in [1.807, 2.05) is 101 Å². The van der Waals surface area contributed by atoms with Crippen LogP contribution in [-0.4, -0.2) is 48.9 Å². The van der Waals surface area contributed by atoms with Crippen LogP contribution < -0.4 is 10.1 Å². The Hall–Kier alpha value is -5.21. The molecule has 0 unspecified atom stereocenters. The fourth-order valence-electron chi connectivity index (χ4n) is 5.09. The van der Waals surface area contributed by atoms with E-state index in [1.165, 1.54) is 18.4 Å². The number of amides is 1. The number of ether oxygens (including phenoxy) is 2. The Bertz CT molecular complexity index is 1710. The number of carbonyl (C=O) groups is 3. The SMILES string of the molecule is COC(=O)[C@H](Cc1ccc(OCCCN(Cc2ccccc2)C(=O)c2cccs2)cc1)Nc1ccccc1C(=O)c1ccccc1. The minimum atomic E-state index is -0.710. The van der Waals surface area contributed by atoms with Crippen LogP contribution in [0.3, 0.4) is 0 Å². The molecule has 0 saturated carbocycles. The molecule has 1 amide bonds. The van der Waals surface area contributed by atoms with E-state index in [-0.39, 0.29) is 11.7 Å². The van der Waals surface area contributed by atoms with Crippen molar-refractivity contribution in [3.8, 4) is 5.75 Å². The molecule has 4 aromatic carbocycles. The molecule has 5 rings (SSSR count). The molecule has 46 heavy (non-hydrogen) atoms.